The number of nitrogens with zero attached hydrogens (tertiary/aromatic N) is 2. The lowest BCUT2D eigenvalue weighted by molar-refractivity contribution is 0.203. The number of ether oxygens (including phenoxy) is 1. The van der Waals surface area contributed by atoms with Crippen LogP contribution in [0.3, 0.4) is 0 Å². The molecule has 0 atom stereocenters. The third-order valence-corrected chi connectivity index (χ3v) is 2.56. The molecule has 0 radical (unpaired) electrons. The van der Waals surface area contributed by atoms with Crippen molar-refractivity contribution in [3.63, 3.8) is 0 Å². The van der Waals surface area contributed by atoms with Gasteiger partial charge in [-0.2, -0.15) is 0 Å². The van der Waals surface area contributed by atoms with Crippen LogP contribution >= 0.6 is 0 Å². The molecule has 0 bridgehead atoms. The third kappa shape index (κ3) is 3.64. The molecule has 0 aliphatic rings. The largest absolute Gasteiger partial charge is 0.383 e. The average Bonchev–Trinajstić information content (AvgIpc) is 2.30. The summed E-state index contributed by atoms with van der Waals surface area (Å²) in [6.07, 6.45) is 1.22. The second-order valence-corrected chi connectivity index (χ2v) is 4.12. The number of anilines is 1. The Morgan fingerprint density at radius 3 is 2.76 bits per heavy atom. The number of nitrogens with two attached hydrogens (primary N) is 1. The van der Waals surface area contributed by atoms with Gasteiger partial charge in [0.05, 0.1) is 12.8 Å². The summed E-state index contributed by atoms with van der Waals surface area (Å²) >= 11 is 0. The van der Waals surface area contributed by atoms with Crippen molar-refractivity contribution in [3.8, 4) is 0 Å². The lowest BCUT2D eigenvalue weighted by atomic mass is 10.2. The van der Waals surface area contributed by atoms with E-state index in [4.69, 9.17) is 10.5 Å². The number of aromatic nitrogens is 1. The Morgan fingerprint density at radius 1 is 1.53 bits per heavy atom. The number of hydrogen-bond donors (Lipinski definition) is 1. The maximum absolute atomic E-state index is 13.1. The maximum atomic E-state index is 13.1. The van der Waals surface area contributed by atoms with Crippen LogP contribution in [0.4, 0.5) is 10.2 Å². The van der Waals surface area contributed by atoms with Gasteiger partial charge in [0.2, 0.25) is 0 Å². The zero-order valence-corrected chi connectivity index (χ0v) is 10.6. The van der Waals surface area contributed by atoms with Gasteiger partial charge >= 0.3 is 0 Å². The molecular weight excluding hydrogens is 221 g/mol. The lowest BCUT2D eigenvalue weighted by Gasteiger charge is -2.29. The van der Waals surface area contributed by atoms with Gasteiger partial charge in [0.25, 0.3) is 0 Å². The Morgan fingerprint density at radius 2 is 2.24 bits per heavy atom. The number of rotatable bonds is 6. The molecule has 1 heterocycles. The topological polar surface area (TPSA) is 51.4 Å². The van der Waals surface area contributed by atoms with Crippen molar-refractivity contribution in [3.05, 3.63) is 23.6 Å². The molecule has 5 heteroatoms. The minimum Gasteiger partial charge on any atom is -0.383 e. The highest BCUT2D eigenvalue weighted by Gasteiger charge is 2.15. The maximum Gasteiger partial charge on any atom is 0.141 e. The molecule has 1 aromatic heterocycles. The monoisotopic (exact) mass is 241 g/mol. The first-order valence-corrected chi connectivity index (χ1v) is 5.70. The number of pyridine rings is 1. The summed E-state index contributed by atoms with van der Waals surface area (Å²) in [4.78, 5) is 6.20. The minimum atomic E-state index is -0.357. The second kappa shape index (κ2) is 6.51. The summed E-state index contributed by atoms with van der Waals surface area (Å²) in [6, 6.07) is 1.69. The molecule has 0 aliphatic heterocycles. The van der Waals surface area contributed by atoms with Crippen LogP contribution in [-0.2, 0) is 11.3 Å². The summed E-state index contributed by atoms with van der Waals surface area (Å²) in [6.45, 7) is 5.69. The zero-order valence-electron chi connectivity index (χ0n) is 10.6. The predicted molar refractivity (Wildman–Crippen MR) is 66.4 cm³/mol. The van der Waals surface area contributed by atoms with Gasteiger partial charge in [-0.25, -0.2) is 9.37 Å². The molecule has 0 aliphatic carbocycles. The smallest absolute Gasteiger partial charge is 0.141 e. The Kier molecular flexibility index (Phi) is 5.31. The van der Waals surface area contributed by atoms with Crippen LogP contribution in [0, 0.1) is 5.82 Å². The first-order chi connectivity index (χ1) is 8.10. The molecule has 0 saturated carbocycles. The highest BCUT2D eigenvalue weighted by atomic mass is 19.1. The lowest BCUT2D eigenvalue weighted by Crippen LogP contribution is -2.35. The fourth-order valence-electron chi connectivity index (χ4n) is 1.68. The molecule has 0 unspecified atom stereocenters. The van der Waals surface area contributed by atoms with Crippen molar-refractivity contribution in [2.24, 2.45) is 5.73 Å². The van der Waals surface area contributed by atoms with E-state index >= 15 is 0 Å². The van der Waals surface area contributed by atoms with Crippen molar-refractivity contribution in [1.82, 2.24) is 4.98 Å². The zero-order chi connectivity index (χ0) is 12.8. The van der Waals surface area contributed by atoms with Gasteiger partial charge in [-0.15, -0.1) is 0 Å². The Labute approximate surface area is 102 Å². The first kappa shape index (κ1) is 13.9. The van der Waals surface area contributed by atoms with Gasteiger partial charge in [0.1, 0.15) is 11.6 Å². The van der Waals surface area contributed by atoms with Gasteiger partial charge in [-0.1, -0.05) is 0 Å². The van der Waals surface area contributed by atoms with Gasteiger partial charge in [0.15, 0.2) is 0 Å². The summed E-state index contributed by atoms with van der Waals surface area (Å²) < 4.78 is 18.2. The Balaban J connectivity index is 3.00. The van der Waals surface area contributed by atoms with Crippen molar-refractivity contribution in [1.29, 1.82) is 0 Å². The Bertz CT molecular complexity index is 358. The summed E-state index contributed by atoms with van der Waals surface area (Å²) in [7, 11) is 1.65. The normalized spacial score (nSPS) is 10.9. The average molecular weight is 241 g/mol. The van der Waals surface area contributed by atoms with Crippen molar-refractivity contribution >= 4 is 5.82 Å². The highest BCUT2D eigenvalue weighted by molar-refractivity contribution is 5.47. The van der Waals surface area contributed by atoms with Crippen LogP contribution in [-0.4, -0.2) is 31.3 Å². The van der Waals surface area contributed by atoms with Crippen LogP contribution in [0.25, 0.3) is 0 Å². The van der Waals surface area contributed by atoms with E-state index in [2.05, 4.69) is 23.7 Å². The van der Waals surface area contributed by atoms with E-state index in [1.165, 1.54) is 12.3 Å². The third-order valence-electron chi connectivity index (χ3n) is 2.56. The number of methoxy groups -OCH3 is 1. The second-order valence-electron chi connectivity index (χ2n) is 4.12. The van der Waals surface area contributed by atoms with Crippen molar-refractivity contribution < 1.29 is 9.13 Å². The van der Waals surface area contributed by atoms with Crippen molar-refractivity contribution in [2.45, 2.75) is 26.4 Å². The summed E-state index contributed by atoms with van der Waals surface area (Å²) in [5.74, 6) is 0.380. The van der Waals surface area contributed by atoms with E-state index in [-0.39, 0.29) is 18.4 Å². The number of halogens is 1. The molecule has 2 N–H and O–H groups in total. The molecular formula is C12H20FN3O. The molecule has 0 amide bonds. The number of hydrogen-bond acceptors (Lipinski definition) is 4. The van der Waals surface area contributed by atoms with Crippen LogP contribution < -0.4 is 10.6 Å². The predicted octanol–water partition coefficient (Wildman–Crippen LogP) is 1.54. The molecule has 96 valence electrons. The van der Waals surface area contributed by atoms with E-state index in [9.17, 15) is 4.39 Å². The molecule has 4 nitrogen and oxygen atoms in total. The van der Waals surface area contributed by atoms with E-state index in [0.717, 1.165) is 11.4 Å². The van der Waals surface area contributed by atoms with Crippen LogP contribution in [0.2, 0.25) is 0 Å². The molecule has 0 aromatic carbocycles. The summed E-state index contributed by atoms with van der Waals surface area (Å²) in [5, 5.41) is 0. The van der Waals surface area contributed by atoms with E-state index in [1.807, 2.05) is 0 Å². The molecule has 17 heavy (non-hydrogen) atoms. The minimum absolute atomic E-state index is 0.258. The van der Waals surface area contributed by atoms with Crippen LogP contribution in [0.5, 0.6) is 0 Å². The Hall–Kier alpha value is -1.20. The first-order valence-electron chi connectivity index (χ1n) is 5.70. The molecule has 1 rings (SSSR count). The summed E-state index contributed by atoms with van der Waals surface area (Å²) in [5.41, 5.74) is 6.34. The van der Waals surface area contributed by atoms with Crippen LogP contribution in [0.15, 0.2) is 12.3 Å². The molecule has 0 spiro atoms. The standard InChI is InChI=1S/C12H20FN3O/c1-9(2)16(4-5-17-3)12-10(7-14)6-11(13)8-15-12/h6,8-9H,4-5,7,14H2,1-3H3. The fraction of sp³-hybridized carbons (Fsp3) is 0.583. The van der Waals surface area contributed by atoms with Gasteiger partial charge in [0, 0.05) is 31.8 Å². The van der Waals surface area contributed by atoms with E-state index in [1.54, 1.807) is 7.11 Å². The molecule has 0 saturated heterocycles. The molecule has 1 aromatic rings. The van der Waals surface area contributed by atoms with E-state index < -0.39 is 0 Å². The molecule has 0 fully saturated rings. The van der Waals surface area contributed by atoms with Gasteiger partial charge in [-0.3, -0.25) is 0 Å². The van der Waals surface area contributed by atoms with E-state index in [0.29, 0.717) is 13.2 Å². The quantitative estimate of drug-likeness (QED) is 0.821. The SMILES string of the molecule is COCCN(c1ncc(F)cc1CN)C(C)C. The fourth-order valence-corrected chi connectivity index (χ4v) is 1.68. The van der Waals surface area contributed by atoms with Crippen molar-refractivity contribution in [2.75, 3.05) is 25.2 Å². The highest BCUT2D eigenvalue weighted by Crippen LogP contribution is 2.20. The van der Waals surface area contributed by atoms with Gasteiger partial charge in [-0.05, 0) is 19.9 Å². The van der Waals surface area contributed by atoms with Gasteiger partial charge < -0.3 is 15.4 Å². The van der Waals surface area contributed by atoms with Crippen LogP contribution in [0.1, 0.15) is 19.4 Å².